The van der Waals surface area contributed by atoms with Crippen molar-refractivity contribution in [2.24, 2.45) is 0 Å². The third-order valence-electron chi connectivity index (χ3n) is 11.5. The number of anilines is 6. The van der Waals surface area contributed by atoms with Gasteiger partial charge in [-0.3, -0.25) is 0 Å². The molecule has 0 fully saturated rings. The smallest absolute Gasteiger partial charge is 0.337 e. The van der Waals surface area contributed by atoms with E-state index >= 15 is 0 Å². The van der Waals surface area contributed by atoms with Crippen molar-refractivity contribution in [3.63, 3.8) is 0 Å². The lowest BCUT2D eigenvalue weighted by Gasteiger charge is -2.18. The van der Waals surface area contributed by atoms with Crippen LogP contribution in [0.15, 0.2) is 170 Å². The molecule has 8 aromatic carbocycles. The Morgan fingerprint density at radius 1 is 0.438 bits per heavy atom. The lowest BCUT2D eigenvalue weighted by Crippen LogP contribution is -2.15. The number of carboxylic acid groups (broad SMARTS) is 1. The molecule has 4 N–H and O–H groups in total. The van der Waals surface area contributed by atoms with Crippen LogP contribution in [0.25, 0.3) is 30.4 Å². The van der Waals surface area contributed by atoms with Crippen LogP contribution in [0.4, 0.5) is 47.3 Å². The summed E-state index contributed by atoms with van der Waals surface area (Å²) in [5, 5.41) is 19.1. The van der Waals surface area contributed by atoms with Crippen LogP contribution in [0.1, 0.15) is 49.3 Å². The molecule has 0 bridgehead atoms. The van der Waals surface area contributed by atoms with Gasteiger partial charge < -0.3 is 40.0 Å². The number of hydrogen-bond donors (Lipinski definition) is 4. The fourth-order valence-electron chi connectivity index (χ4n) is 7.51. The maximum Gasteiger partial charge on any atom is 0.337 e. The van der Waals surface area contributed by atoms with Crippen LogP contribution < -0.4 is 34.9 Å². The molecule has 73 heavy (non-hydrogen) atoms. The van der Waals surface area contributed by atoms with Gasteiger partial charge >= 0.3 is 5.97 Å². The maximum atomic E-state index is 13.1. The van der Waals surface area contributed by atoms with Gasteiger partial charge in [0, 0.05) is 28.4 Å². The van der Waals surface area contributed by atoms with Gasteiger partial charge in [-0.05, 0) is 174 Å². The Labute approximate surface area is 422 Å². The summed E-state index contributed by atoms with van der Waals surface area (Å²) in [6.45, 7) is 10.1. The highest BCUT2D eigenvalue weighted by Crippen LogP contribution is 2.33. The highest BCUT2D eigenvalue weighted by Gasteiger charge is 2.14. The van der Waals surface area contributed by atoms with Gasteiger partial charge in [0.1, 0.15) is 43.9 Å². The number of nitrogens with one attached hydrogen (secondary N) is 3. The van der Waals surface area contributed by atoms with E-state index < -0.39 is 5.97 Å². The van der Waals surface area contributed by atoms with Crippen molar-refractivity contribution in [2.45, 2.75) is 13.8 Å². The van der Waals surface area contributed by atoms with E-state index in [0.29, 0.717) is 43.6 Å². The van der Waals surface area contributed by atoms with Gasteiger partial charge in [-0.1, -0.05) is 79.4 Å². The van der Waals surface area contributed by atoms with Crippen molar-refractivity contribution in [2.75, 3.05) is 42.4 Å². The molecule has 0 radical (unpaired) electrons. The molecule has 0 amide bonds. The fraction of sp³-hybridized carbons (Fsp3) is 0.0984. The number of hydrogen-bond acceptors (Lipinski definition) is 8. The molecule has 12 heteroatoms. The Hall–Kier alpha value is -9.16. The minimum absolute atomic E-state index is 0.130. The third-order valence-corrected chi connectivity index (χ3v) is 11.5. The van der Waals surface area contributed by atoms with Gasteiger partial charge in [-0.2, -0.15) is 0 Å². The Balaban J connectivity index is 0.000000151. The highest BCUT2D eigenvalue weighted by molar-refractivity contribution is 5.96. The van der Waals surface area contributed by atoms with E-state index in [9.17, 15) is 23.1 Å². The number of ether oxygens (including phenoxy) is 4. The first-order chi connectivity index (χ1) is 35.4. The lowest BCUT2D eigenvalue weighted by molar-refractivity contribution is 0.0698. The standard InChI is InChI=1S/C23H18FNO4.C23H20FNO2.C15H14FN/c24-17-5-7-18(8-6-17)25-20-13-15(3-9-19(20)23(26)27)1-2-16-4-10-21-22(14-16)29-12-11-28-21;1-16-2-3-17(14-21(16)25-20-9-7-19(24)8-10-20)4-5-18-6-11-22-23(15-18)27-13-12-26-22;1-3-12-5-4-11(2)15(10-12)17-14-8-6-13(16)7-9-14/h1-10,13-14,25H,11-12H2,(H,26,27);2-11,14-15,25H,12-13H2,1H3;3-10,17H,1H2,2H3/b2-1+;5-4+;. The van der Waals surface area contributed by atoms with Crippen molar-refractivity contribution in [3.05, 3.63) is 232 Å². The molecule has 0 atom stereocenters. The Morgan fingerprint density at radius 2 is 0.767 bits per heavy atom. The number of aromatic carboxylic acids is 1. The zero-order valence-corrected chi connectivity index (χ0v) is 40.1. The zero-order chi connectivity index (χ0) is 51.1. The second-order valence-electron chi connectivity index (χ2n) is 16.8. The molecule has 0 aromatic heterocycles. The monoisotopic (exact) mass is 979 g/mol. The van der Waals surface area contributed by atoms with E-state index in [-0.39, 0.29) is 23.0 Å². The molecule has 9 nitrogen and oxygen atoms in total. The van der Waals surface area contributed by atoms with E-state index in [1.807, 2.05) is 86.7 Å². The summed E-state index contributed by atoms with van der Waals surface area (Å²) >= 11 is 0. The Morgan fingerprint density at radius 3 is 1.18 bits per heavy atom. The van der Waals surface area contributed by atoms with Gasteiger partial charge in [0.2, 0.25) is 0 Å². The predicted octanol–water partition coefficient (Wildman–Crippen LogP) is 15.5. The van der Waals surface area contributed by atoms with Gasteiger partial charge in [0.15, 0.2) is 23.0 Å². The van der Waals surface area contributed by atoms with Crippen molar-refractivity contribution in [1.82, 2.24) is 0 Å². The van der Waals surface area contributed by atoms with Crippen LogP contribution in [0.2, 0.25) is 0 Å². The first-order valence-corrected chi connectivity index (χ1v) is 23.4. The van der Waals surface area contributed by atoms with E-state index in [1.54, 1.807) is 54.6 Å². The topological polar surface area (TPSA) is 110 Å². The van der Waals surface area contributed by atoms with Crippen LogP contribution in [0.5, 0.6) is 23.0 Å². The van der Waals surface area contributed by atoms with Crippen molar-refractivity contribution in [1.29, 1.82) is 0 Å². The molecule has 2 heterocycles. The second-order valence-corrected chi connectivity index (χ2v) is 16.8. The van der Waals surface area contributed by atoms with Crippen LogP contribution in [-0.2, 0) is 0 Å². The average molecular weight is 980 g/mol. The average Bonchev–Trinajstić information content (AvgIpc) is 3.41. The van der Waals surface area contributed by atoms with Crippen molar-refractivity contribution < 1.29 is 42.0 Å². The minimum atomic E-state index is -1.04. The first kappa shape index (κ1) is 50.2. The van der Waals surface area contributed by atoms with Gasteiger partial charge in [-0.15, -0.1) is 0 Å². The number of fused-ring (bicyclic) bond motifs is 2. The highest BCUT2D eigenvalue weighted by atomic mass is 19.1. The van der Waals surface area contributed by atoms with E-state index in [0.717, 1.165) is 78.9 Å². The molecule has 10 rings (SSSR count). The van der Waals surface area contributed by atoms with Crippen molar-refractivity contribution >= 4 is 70.5 Å². The minimum Gasteiger partial charge on any atom is -0.486 e. The molecule has 0 aliphatic carbocycles. The molecule has 0 unspecified atom stereocenters. The SMILES string of the molecule is C=Cc1ccc(C)c(Nc2ccc(F)cc2)c1.Cc1ccc(/C=C/c2ccc3c(c2)OCCO3)cc1Nc1ccc(F)cc1.O=C(O)c1ccc(/C=C/c2ccc3c(c2)OCCO3)cc1Nc1ccc(F)cc1. The number of rotatable bonds is 12. The van der Waals surface area contributed by atoms with Crippen LogP contribution in [0, 0.1) is 31.3 Å². The normalized spacial score (nSPS) is 12.2. The predicted molar refractivity (Wildman–Crippen MR) is 288 cm³/mol. The summed E-state index contributed by atoms with van der Waals surface area (Å²) in [4.78, 5) is 11.5. The molecule has 2 aliphatic heterocycles. The quantitative estimate of drug-likeness (QED) is 0.0890. The number of carboxylic acids is 1. The van der Waals surface area contributed by atoms with Gasteiger partial charge in [0.25, 0.3) is 0 Å². The van der Waals surface area contributed by atoms with Gasteiger partial charge in [0.05, 0.1) is 11.3 Å². The van der Waals surface area contributed by atoms with E-state index in [2.05, 4.69) is 46.8 Å². The lowest BCUT2D eigenvalue weighted by atomic mass is 10.1. The molecular formula is C61H52F3N3O6. The summed E-state index contributed by atoms with van der Waals surface area (Å²) < 4.78 is 61.3. The molecule has 8 aromatic rings. The Bertz CT molecular complexity index is 3270. The third kappa shape index (κ3) is 14.2. The van der Waals surface area contributed by atoms with E-state index in [1.165, 1.54) is 42.5 Å². The van der Waals surface area contributed by atoms with E-state index in [4.69, 9.17) is 18.9 Å². The Kier molecular flexibility index (Phi) is 16.6. The molecule has 2 aliphatic rings. The van der Waals surface area contributed by atoms with Gasteiger partial charge in [-0.25, -0.2) is 18.0 Å². The van der Waals surface area contributed by atoms with Crippen LogP contribution >= 0.6 is 0 Å². The zero-order valence-electron chi connectivity index (χ0n) is 40.1. The number of halogens is 3. The molecule has 0 spiro atoms. The molecular weight excluding hydrogens is 928 g/mol. The summed E-state index contributed by atoms with van der Waals surface area (Å²) in [7, 11) is 0. The molecule has 368 valence electrons. The number of carbonyl (C=O) groups is 1. The fourth-order valence-corrected chi connectivity index (χ4v) is 7.51. The summed E-state index contributed by atoms with van der Waals surface area (Å²) in [6.07, 6.45) is 9.70. The number of benzene rings is 8. The van der Waals surface area contributed by atoms with Crippen LogP contribution in [-0.4, -0.2) is 37.5 Å². The van der Waals surface area contributed by atoms with Crippen LogP contribution in [0.3, 0.4) is 0 Å². The summed E-state index contributed by atoms with van der Waals surface area (Å²) in [5.41, 5.74) is 12.1. The first-order valence-electron chi connectivity index (χ1n) is 23.4. The van der Waals surface area contributed by atoms with Crippen molar-refractivity contribution in [3.8, 4) is 23.0 Å². The molecule has 0 saturated heterocycles. The largest absolute Gasteiger partial charge is 0.486 e. The maximum absolute atomic E-state index is 13.1. The molecule has 0 saturated carbocycles. The number of aryl methyl sites for hydroxylation is 2. The second kappa shape index (κ2) is 24.1. The summed E-state index contributed by atoms with van der Waals surface area (Å²) in [5.74, 6) is 1.14. The summed E-state index contributed by atoms with van der Waals surface area (Å²) in [6, 6.07) is 47.3.